The molecule has 0 saturated carbocycles. The van der Waals surface area contributed by atoms with Crippen LogP contribution in [0, 0.1) is 0 Å². The summed E-state index contributed by atoms with van der Waals surface area (Å²) in [7, 11) is 5.70. The molecule has 0 aliphatic carbocycles. The van der Waals surface area contributed by atoms with Gasteiger partial charge < -0.3 is 14.5 Å². The van der Waals surface area contributed by atoms with Gasteiger partial charge in [0.15, 0.2) is 0 Å². The van der Waals surface area contributed by atoms with Gasteiger partial charge in [0.05, 0.1) is 13.3 Å². The molecule has 1 amide bonds. The summed E-state index contributed by atoms with van der Waals surface area (Å²) < 4.78 is 5.26. The van der Waals surface area contributed by atoms with E-state index in [9.17, 15) is 4.79 Å². The summed E-state index contributed by atoms with van der Waals surface area (Å²) in [5, 5.41) is 0. The van der Waals surface area contributed by atoms with Gasteiger partial charge in [-0.1, -0.05) is 12.1 Å². The number of carbonyl (C=O) groups is 1. The zero-order valence-electron chi connectivity index (χ0n) is 18.7. The van der Waals surface area contributed by atoms with Crippen molar-refractivity contribution in [1.29, 1.82) is 0 Å². The van der Waals surface area contributed by atoms with Crippen molar-refractivity contribution in [3.8, 4) is 5.75 Å². The van der Waals surface area contributed by atoms with Crippen LogP contribution in [0.4, 0.5) is 5.69 Å². The molecule has 2 aromatic carbocycles. The SMILES string of the molecule is COc1ccc(C2CC(N3CCCN(C(=O)c4ccc(N(C)C)cc4)CC3)NN2)cc1. The Hall–Kier alpha value is -2.61. The third-order valence-electron chi connectivity index (χ3n) is 6.29. The molecule has 2 saturated heterocycles. The molecule has 31 heavy (non-hydrogen) atoms. The van der Waals surface area contributed by atoms with Gasteiger partial charge in [0.2, 0.25) is 0 Å². The summed E-state index contributed by atoms with van der Waals surface area (Å²) in [4.78, 5) is 19.5. The molecule has 0 spiro atoms. The molecule has 0 radical (unpaired) electrons. The van der Waals surface area contributed by atoms with Crippen LogP contribution in [0.1, 0.15) is 34.8 Å². The summed E-state index contributed by atoms with van der Waals surface area (Å²) in [6.45, 7) is 3.40. The molecule has 2 aliphatic rings. The van der Waals surface area contributed by atoms with E-state index in [1.807, 2.05) is 60.3 Å². The first-order valence-corrected chi connectivity index (χ1v) is 11.0. The Morgan fingerprint density at radius 2 is 1.71 bits per heavy atom. The molecule has 2 heterocycles. The number of nitrogens with one attached hydrogen (secondary N) is 2. The maximum absolute atomic E-state index is 13.0. The van der Waals surface area contributed by atoms with Crippen molar-refractivity contribution in [2.75, 3.05) is 52.3 Å². The third kappa shape index (κ3) is 5.01. The summed E-state index contributed by atoms with van der Waals surface area (Å²) in [5.74, 6) is 1.00. The van der Waals surface area contributed by atoms with Crippen LogP contribution in [0.3, 0.4) is 0 Å². The fourth-order valence-corrected chi connectivity index (χ4v) is 4.37. The van der Waals surface area contributed by atoms with Gasteiger partial charge in [0, 0.05) is 57.6 Å². The van der Waals surface area contributed by atoms with Crippen molar-refractivity contribution in [2.45, 2.75) is 25.0 Å². The Balaban J connectivity index is 1.33. The van der Waals surface area contributed by atoms with Crippen LogP contribution in [0.25, 0.3) is 0 Å². The Kier molecular flexibility index (Phi) is 6.75. The predicted octanol–water partition coefficient (Wildman–Crippen LogP) is 2.47. The first-order valence-electron chi connectivity index (χ1n) is 11.0. The lowest BCUT2D eigenvalue weighted by Gasteiger charge is -2.27. The van der Waals surface area contributed by atoms with Crippen LogP contribution in [-0.4, -0.2) is 69.3 Å². The van der Waals surface area contributed by atoms with Gasteiger partial charge in [-0.05, 0) is 54.8 Å². The second-order valence-corrected chi connectivity index (χ2v) is 8.49. The van der Waals surface area contributed by atoms with Gasteiger partial charge in [0.1, 0.15) is 5.75 Å². The van der Waals surface area contributed by atoms with E-state index >= 15 is 0 Å². The number of amides is 1. The molecule has 2 atom stereocenters. The molecule has 4 rings (SSSR count). The summed E-state index contributed by atoms with van der Waals surface area (Å²) in [5.41, 5.74) is 10.0. The van der Waals surface area contributed by atoms with E-state index in [4.69, 9.17) is 4.74 Å². The zero-order valence-corrected chi connectivity index (χ0v) is 18.7. The smallest absolute Gasteiger partial charge is 0.253 e. The molecule has 0 bridgehead atoms. The highest BCUT2D eigenvalue weighted by molar-refractivity contribution is 5.94. The normalized spacial score (nSPS) is 22.2. The maximum atomic E-state index is 13.0. The minimum atomic E-state index is 0.126. The number of hydrogen-bond acceptors (Lipinski definition) is 6. The van der Waals surface area contributed by atoms with Gasteiger partial charge in [-0.15, -0.1) is 0 Å². The molecule has 2 aromatic rings. The summed E-state index contributed by atoms with van der Waals surface area (Å²) >= 11 is 0. The highest BCUT2D eigenvalue weighted by Crippen LogP contribution is 2.26. The molecular weight excluding hydrogens is 390 g/mol. The van der Waals surface area contributed by atoms with Gasteiger partial charge in [-0.2, -0.15) is 0 Å². The maximum Gasteiger partial charge on any atom is 0.253 e. The number of rotatable bonds is 5. The van der Waals surface area contributed by atoms with Gasteiger partial charge in [0.25, 0.3) is 5.91 Å². The minimum absolute atomic E-state index is 0.126. The second-order valence-electron chi connectivity index (χ2n) is 8.49. The van der Waals surface area contributed by atoms with Crippen molar-refractivity contribution < 1.29 is 9.53 Å². The van der Waals surface area contributed by atoms with E-state index in [2.05, 4.69) is 27.9 Å². The number of nitrogens with zero attached hydrogens (tertiary/aromatic N) is 3. The predicted molar refractivity (Wildman–Crippen MR) is 123 cm³/mol. The van der Waals surface area contributed by atoms with Gasteiger partial charge in [-0.25, -0.2) is 10.9 Å². The summed E-state index contributed by atoms with van der Waals surface area (Å²) in [6.07, 6.45) is 2.24. The largest absolute Gasteiger partial charge is 0.497 e. The van der Waals surface area contributed by atoms with Crippen LogP contribution in [-0.2, 0) is 0 Å². The van der Waals surface area contributed by atoms with Crippen LogP contribution < -0.4 is 20.5 Å². The van der Waals surface area contributed by atoms with E-state index in [0.717, 1.165) is 56.0 Å². The molecule has 7 nitrogen and oxygen atoms in total. The summed E-state index contributed by atoms with van der Waals surface area (Å²) in [6, 6.07) is 16.4. The number of benzene rings is 2. The Morgan fingerprint density at radius 3 is 2.39 bits per heavy atom. The average molecular weight is 424 g/mol. The molecule has 166 valence electrons. The number of methoxy groups -OCH3 is 1. The Labute approximate surface area is 184 Å². The van der Waals surface area contributed by atoms with Gasteiger partial charge >= 0.3 is 0 Å². The van der Waals surface area contributed by atoms with Crippen LogP contribution in [0.15, 0.2) is 48.5 Å². The lowest BCUT2D eigenvalue weighted by Crippen LogP contribution is -2.46. The van der Waals surface area contributed by atoms with Crippen molar-refractivity contribution in [3.63, 3.8) is 0 Å². The Morgan fingerprint density at radius 1 is 0.968 bits per heavy atom. The number of hydrazine groups is 1. The molecule has 2 aliphatic heterocycles. The third-order valence-corrected chi connectivity index (χ3v) is 6.29. The minimum Gasteiger partial charge on any atom is -0.497 e. The molecule has 2 unspecified atom stereocenters. The van der Waals surface area contributed by atoms with Crippen molar-refractivity contribution in [1.82, 2.24) is 20.7 Å². The number of ether oxygens (including phenoxy) is 1. The number of anilines is 1. The lowest BCUT2D eigenvalue weighted by atomic mass is 10.0. The monoisotopic (exact) mass is 423 g/mol. The molecule has 0 aromatic heterocycles. The van der Waals surface area contributed by atoms with Crippen LogP contribution in [0.2, 0.25) is 0 Å². The first-order chi connectivity index (χ1) is 15.0. The van der Waals surface area contributed by atoms with E-state index in [1.54, 1.807) is 7.11 Å². The molecular formula is C24H33N5O2. The van der Waals surface area contributed by atoms with Crippen molar-refractivity contribution >= 4 is 11.6 Å². The van der Waals surface area contributed by atoms with Crippen molar-refractivity contribution in [2.24, 2.45) is 0 Å². The highest BCUT2D eigenvalue weighted by atomic mass is 16.5. The van der Waals surface area contributed by atoms with Crippen molar-refractivity contribution in [3.05, 3.63) is 59.7 Å². The van der Waals surface area contributed by atoms with Crippen LogP contribution >= 0.6 is 0 Å². The van der Waals surface area contributed by atoms with E-state index in [0.29, 0.717) is 0 Å². The molecule has 2 fully saturated rings. The first kappa shape index (κ1) is 21.6. The highest BCUT2D eigenvalue weighted by Gasteiger charge is 2.31. The Bertz CT molecular complexity index is 869. The number of carbonyl (C=O) groups excluding carboxylic acids is 1. The zero-order chi connectivity index (χ0) is 21.8. The molecule has 7 heteroatoms. The van der Waals surface area contributed by atoms with E-state index in [1.165, 1.54) is 5.56 Å². The molecule has 2 N–H and O–H groups in total. The average Bonchev–Trinajstić information content (AvgIpc) is 3.17. The number of hydrogen-bond donors (Lipinski definition) is 2. The lowest BCUT2D eigenvalue weighted by molar-refractivity contribution is 0.0756. The standard InChI is InChI=1S/C24H33N5O2/c1-27(2)20-9-5-19(6-10-20)24(30)29-14-4-13-28(15-16-29)23-17-22(25-26-23)18-7-11-21(31-3)12-8-18/h5-12,22-23,25-26H,4,13-17H2,1-3H3. The van der Waals surface area contributed by atoms with E-state index < -0.39 is 0 Å². The van der Waals surface area contributed by atoms with Crippen LogP contribution in [0.5, 0.6) is 5.75 Å². The second kappa shape index (κ2) is 9.68. The topological polar surface area (TPSA) is 60.1 Å². The fourth-order valence-electron chi connectivity index (χ4n) is 4.37. The van der Waals surface area contributed by atoms with Gasteiger partial charge in [-0.3, -0.25) is 9.69 Å². The quantitative estimate of drug-likeness (QED) is 0.771. The fraction of sp³-hybridized carbons (Fsp3) is 0.458. The van der Waals surface area contributed by atoms with E-state index in [-0.39, 0.29) is 18.1 Å².